The van der Waals surface area contributed by atoms with Crippen LogP contribution in [0.25, 0.3) is 11.1 Å². The van der Waals surface area contributed by atoms with Gasteiger partial charge in [0.2, 0.25) is 0 Å². The van der Waals surface area contributed by atoms with E-state index in [4.69, 9.17) is 11.6 Å². The predicted molar refractivity (Wildman–Crippen MR) is 71.4 cm³/mol. The largest absolute Gasteiger partial charge is 0.303 e. The topological polar surface area (TPSA) is 17.1 Å². The standard InChI is InChI=1S/C15H13ClO/c1-11(10-17)13-7-8-14(15(16)9-13)12-5-3-2-4-6-12/h2-11H,1H3. The normalized spacial score (nSPS) is 12.1. The molecule has 0 aromatic heterocycles. The number of aldehydes is 1. The summed E-state index contributed by atoms with van der Waals surface area (Å²) < 4.78 is 0. The first-order valence-corrected chi connectivity index (χ1v) is 5.90. The maximum atomic E-state index is 10.7. The number of benzene rings is 2. The molecule has 1 unspecified atom stereocenters. The van der Waals surface area contributed by atoms with Gasteiger partial charge in [-0.1, -0.05) is 61.0 Å². The highest BCUT2D eigenvalue weighted by Gasteiger charge is 2.08. The lowest BCUT2D eigenvalue weighted by atomic mass is 9.98. The van der Waals surface area contributed by atoms with Crippen LogP contribution in [0.15, 0.2) is 48.5 Å². The predicted octanol–water partition coefficient (Wildman–Crippen LogP) is 4.31. The van der Waals surface area contributed by atoms with Crippen LogP contribution >= 0.6 is 11.6 Å². The lowest BCUT2D eigenvalue weighted by Gasteiger charge is -2.09. The minimum absolute atomic E-state index is 0.114. The molecule has 0 saturated heterocycles. The Labute approximate surface area is 106 Å². The minimum Gasteiger partial charge on any atom is -0.303 e. The van der Waals surface area contributed by atoms with Gasteiger partial charge in [0, 0.05) is 16.5 Å². The Morgan fingerprint density at radius 2 is 1.82 bits per heavy atom. The van der Waals surface area contributed by atoms with E-state index in [-0.39, 0.29) is 5.92 Å². The average molecular weight is 245 g/mol. The zero-order valence-electron chi connectivity index (χ0n) is 9.56. The summed E-state index contributed by atoms with van der Waals surface area (Å²) in [6.45, 7) is 1.86. The molecule has 0 fully saturated rings. The molecule has 0 aliphatic carbocycles. The lowest BCUT2D eigenvalue weighted by molar-refractivity contribution is -0.108. The average Bonchev–Trinajstić information content (AvgIpc) is 2.38. The highest BCUT2D eigenvalue weighted by molar-refractivity contribution is 6.33. The lowest BCUT2D eigenvalue weighted by Crippen LogP contribution is -1.94. The van der Waals surface area contributed by atoms with Crippen LogP contribution in [-0.4, -0.2) is 6.29 Å². The first kappa shape index (κ1) is 11.9. The van der Waals surface area contributed by atoms with Crippen molar-refractivity contribution >= 4 is 17.9 Å². The summed E-state index contributed by atoms with van der Waals surface area (Å²) in [5.74, 6) is -0.114. The molecule has 17 heavy (non-hydrogen) atoms. The maximum Gasteiger partial charge on any atom is 0.127 e. The van der Waals surface area contributed by atoms with E-state index < -0.39 is 0 Å². The van der Waals surface area contributed by atoms with Crippen LogP contribution in [0.3, 0.4) is 0 Å². The van der Waals surface area contributed by atoms with Crippen LogP contribution in [0, 0.1) is 0 Å². The maximum absolute atomic E-state index is 10.7. The second-order valence-corrected chi connectivity index (χ2v) is 4.44. The Kier molecular flexibility index (Phi) is 3.60. The molecule has 1 nitrogen and oxygen atoms in total. The van der Waals surface area contributed by atoms with Gasteiger partial charge < -0.3 is 4.79 Å². The van der Waals surface area contributed by atoms with Crippen molar-refractivity contribution in [3.05, 3.63) is 59.1 Å². The fourth-order valence-electron chi connectivity index (χ4n) is 1.74. The van der Waals surface area contributed by atoms with Crippen LogP contribution in [0.4, 0.5) is 0 Å². The first-order valence-electron chi connectivity index (χ1n) is 5.52. The minimum atomic E-state index is -0.114. The van der Waals surface area contributed by atoms with Gasteiger partial charge in [-0.05, 0) is 17.2 Å². The highest BCUT2D eigenvalue weighted by atomic mass is 35.5. The van der Waals surface area contributed by atoms with Crippen LogP contribution in [-0.2, 0) is 4.79 Å². The van der Waals surface area contributed by atoms with Gasteiger partial charge in [0.25, 0.3) is 0 Å². The SMILES string of the molecule is CC(C=O)c1ccc(-c2ccccc2)c(Cl)c1. The molecule has 0 bridgehead atoms. The summed E-state index contributed by atoms with van der Waals surface area (Å²) in [4.78, 5) is 10.7. The van der Waals surface area contributed by atoms with Gasteiger partial charge in [-0.15, -0.1) is 0 Å². The van der Waals surface area contributed by atoms with Gasteiger partial charge >= 0.3 is 0 Å². The highest BCUT2D eigenvalue weighted by Crippen LogP contribution is 2.30. The zero-order chi connectivity index (χ0) is 12.3. The Bertz CT molecular complexity index is 520. The molecule has 2 aromatic rings. The molecule has 0 radical (unpaired) electrons. The van der Waals surface area contributed by atoms with Crippen molar-refractivity contribution in [3.8, 4) is 11.1 Å². The van der Waals surface area contributed by atoms with E-state index in [1.807, 2.05) is 55.5 Å². The molecule has 86 valence electrons. The molecular formula is C15H13ClO. The second-order valence-electron chi connectivity index (χ2n) is 4.03. The van der Waals surface area contributed by atoms with Gasteiger partial charge in [0.15, 0.2) is 0 Å². The summed E-state index contributed by atoms with van der Waals surface area (Å²) in [5.41, 5.74) is 3.03. The van der Waals surface area contributed by atoms with Crippen molar-refractivity contribution in [1.82, 2.24) is 0 Å². The van der Waals surface area contributed by atoms with Crippen LogP contribution < -0.4 is 0 Å². The third-order valence-corrected chi connectivity index (χ3v) is 3.12. The van der Waals surface area contributed by atoms with E-state index >= 15 is 0 Å². The smallest absolute Gasteiger partial charge is 0.127 e. The third kappa shape index (κ3) is 2.56. The molecule has 2 rings (SSSR count). The molecule has 0 spiro atoms. The van der Waals surface area contributed by atoms with E-state index in [1.165, 1.54) is 0 Å². The van der Waals surface area contributed by atoms with E-state index in [0.29, 0.717) is 5.02 Å². The molecule has 0 aliphatic heterocycles. The molecule has 2 heteroatoms. The van der Waals surface area contributed by atoms with Crippen molar-refractivity contribution in [2.75, 3.05) is 0 Å². The van der Waals surface area contributed by atoms with E-state index in [9.17, 15) is 4.79 Å². The molecule has 0 N–H and O–H groups in total. The Morgan fingerprint density at radius 3 is 2.41 bits per heavy atom. The van der Waals surface area contributed by atoms with Gasteiger partial charge in [-0.25, -0.2) is 0 Å². The van der Waals surface area contributed by atoms with Crippen LogP contribution in [0.2, 0.25) is 5.02 Å². The number of carbonyl (C=O) groups is 1. The number of hydrogen-bond acceptors (Lipinski definition) is 1. The molecule has 1 atom stereocenters. The fourth-order valence-corrected chi connectivity index (χ4v) is 2.04. The van der Waals surface area contributed by atoms with Crippen LogP contribution in [0.1, 0.15) is 18.4 Å². The van der Waals surface area contributed by atoms with Gasteiger partial charge in [-0.3, -0.25) is 0 Å². The molecule has 0 heterocycles. The zero-order valence-corrected chi connectivity index (χ0v) is 10.3. The quantitative estimate of drug-likeness (QED) is 0.736. The van der Waals surface area contributed by atoms with E-state index in [2.05, 4.69) is 0 Å². The van der Waals surface area contributed by atoms with Gasteiger partial charge in [0.05, 0.1) is 0 Å². The van der Waals surface area contributed by atoms with E-state index in [1.54, 1.807) is 0 Å². The molecule has 0 amide bonds. The number of rotatable bonds is 3. The third-order valence-electron chi connectivity index (χ3n) is 2.81. The first-order chi connectivity index (χ1) is 8.22. The fraction of sp³-hybridized carbons (Fsp3) is 0.133. The van der Waals surface area contributed by atoms with Crippen molar-refractivity contribution in [2.24, 2.45) is 0 Å². The molecule has 0 aliphatic rings. The van der Waals surface area contributed by atoms with Crippen molar-refractivity contribution in [2.45, 2.75) is 12.8 Å². The summed E-state index contributed by atoms with van der Waals surface area (Å²) in [6, 6.07) is 15.7. The summed E-state index contributed by atoms with van der Waals surface area (Å²) in [5, 5.41) is 0.683. The second kappa shape index (κ2) is 5.15. The molecular weight excluding hydrogens is 232 g/mol. The van der Waals surface area contributed by atoms with Gasteiger partial charge in [0.1, 0.15) is 6.29 Å². The van der Waals surface area contributed by atoms with Crippen LogP contribution in [0.5, 0.6) is 0 Å². The van der Waals surface area contributed by atoms with E-state index in [0.717, 1.165) is 23.0 Å². The summed E-state index contributed by atoms with van der Waals surface area (Å²) in [7, 11) is 0. The summed E-state index contributed by atoms with van der Waals surface area (Å²) >= 11 is 6.25. The Hall–Kier alpha value is -1.60. The van der Waals surface area contributed by atoms with Crippen molar-refractivity contribution in [1.29, 1.82) is 0 Å². The monoisotopic (exact) mass is 244 g/mol. The number of halogens is 1. The van der Waals surface area contributed by atoms with Gasteiger partial charge in [-0.2, -0.15) is 0 Å². The molecule has 2 aromatic carbocycles. The Balaban J connectivity index is 2.42. The van der Waals surface area contributed by atoms with Crippen molar-refractivity contribution < 1.29 is 4.79 Å². The van der Waals surface area contributed by atoms with Crippen molar-refractivity contribution in [3.63, 3.8) is 0 Å². The summed E-state index contributed by atoms with van der Waals surface area (Å²) in [6.07, 6.45) is 0.924. The number of carbonyl (C=O) groups excluding carboxylic acids is 1. The number of hydrogen-bond donors (Lipinski definition) is 0. The Morgan fingerprint density at radius 1 is 1.12 bits per heavy atom. The molecule has 0 saturated carbocycles.